The molecule has 7 nitrogen and oxygen atoms in total. The van der Waals surface area contributed by atoms with Crippen LogP contribution in [0.2, 0.25) is 0 Å². The molecule has 30 heavy (non-hydrogen) atoms. The summed E-state index contributed by atoms with van der Waals surface area (Å²) in [7, 11) is 0. The Labute approximate surface area is 174 Å². The van der Waals surface area contributed by atoms with Gasteiger partial charge in [-0.25, -0.2) is 0 Å². The van der Waals surface area contributed by atoms with E-state index in [2.05, 4.69) is 0 Å². The number of benzene rings is 2. The number of alkyl halides is 3. The molecule has 3 rings (SSSR count). The van der Waals surface area contributed by atoms with Gasteiger partial charge in [0.1, 0.15) is 6.07 Å². The summed E-state index contributed by atoms with van der Waals surface area (Å²) in [5, 5.41) is 19.4. The number of halogens is 4. The highest BCUT2D eigenvalue weighted by Gasteiger charge is 2.38. The van der Waals surface area contributed by atoms with E-state index in [1.54, 1.807) is 30.3 Å². The maximum atomic E-state index is 13.2. The second-order valence-electron chi connectivity index (χ2n) is 6.00. The van der Waals surface area contributed by atoms with E-state index in [0.717, 1.165) is 6.07 Å². The van der Waals surface area contributed by atoms with Gasteiger partial charge in [0.15, 0.2) is 0 Å². The number of nitro groups is 1. The van der Waals surface area contributed by atoms with Crippen LogP contribution in [-0.4, -0.2) is 36.5 Å². The van der Waals surface area contributed by atoms with Gasteiger partial charge in [-0.05, 0) is 11.6 Å². The molecule has 11 heteroatoms. The van der Waals surface area contributed by atoms with Gasteiger partial charge in [0, 0.05) is 30.8 Å². The van der Waals surface area contributed by atoms with Gasteiger partial charge in [-0.2, -0.15) is 18.4 Å². The van der Waals surface area contributed by atoms with Crippen LogP contribution in [0.4, 0.5) is 24.5 Å². The zero-order chi connectivity index (χ0) is 22.3. The number of rotatable bonds is 3. The van der Waals surface area contributed by atoms with Gasteiger partial charge in [-0.1, -0.05) is 30.3 Å². The lowest BCUT2D eigenvalue weighted by molar-refractivity contribution is -0.385. The van der Waals surface area contributed by atoms with E-state index < -0.39 is 27.6 Å². The van der Waals surface area contributed by atoms with E-state index in [0.29, 0.717) is 11.6 Å². The number of hydrogen-bond acceptors (Lipinski definition) is 6. The minimum Gasteiger partial charge on any atom is -0.378 e. The van der Waals surface area contributed by atoms with Crippen LogP contribution < -0.4 is 4.90 Å². The number of carbonyl (C=O) groups excluding carboxylic acids is 1. The third kappa shape index (κ3) is 5.92. The largest absolute Gasteiger partial charge is 0.418 e. The molecule has 0 aromatic heterocycles. The number of morpholine rings is 1. The Morgan fingerprint density at radius 2 is 1.80 bits per heavy atom. The molecule has 1 saturated heterocycles. The predicted octanol–water partition coefficient (Wildman–Crippen LogP) is 4.39. The van der Waals surface area contributed by atoms with Crippen molar-refractivity contribution < 1.29 is 27.6 Å². The SMILES string of the molecule is N#Cc1cc([N+](=O)[O-])cc(C(F)(F)F)c1N1CCOCC1.O=C(Cl)c1ccccc1. The average molecular weight is 442 g/mol. The van der Waals surface area contributed by atoms with Crippen molar-refractivity contribution in [3.63, 3.8) is 0 Å². The summed E-state index contributed by atoms with van der Waals surface area (Å²) in [6.45, 7) is 0.851. The third-order valence-corrected chi connectivity index (χ3v) is 4.28. The van der Waals surface area contributed by atoms with Crippen LogP contribution in [0.3, 0.4) is 0 Å². The molecule has 1 aliphatic heterocycles. The molecule has 0 spiro atoms. The highest BCUT2D eigenvalue weighted by Crippen LogP contribution is 2.41. The summed E-state index contributed by atoms with van der Waals surface area (Å²) >= 11 is 5.16. The van der Waals surface area contributed by atoms with Crippen molar-refractivity contribution in [3.8, 4) is 6.07 Å². The van der Waals surface area contributed by atoms with Gasteiger partial charge >= 0.3 is 6.18 Å². The topological polar surface area (TPSA) is 96.5 Å². The van der Waals surface area contributed by atoms with Gasteiger partial charge in [0.05, 0.1) is 35.0 Å². The van der Waals surface area contributed by atoms with E-state index >= 15 is 0 Å². The summed E-state index contributed by atoms with van der Waals surface area (Å²) in [5.41, 5.74) is -2.07. The fourth-order valence-corrected chi connectivity index (χ4v) is 2.85. The molecule has 0 N–H and O–H groups in total. The van der Waals surface area contributed by atoms with Gasteiger partial charge in [-0.3, -0.25) is 14.9 Å². The fraction of sp³-hybridized carbons (Fsp3) is 0.263. The Balaban J connectivity index is 0.000000297. The zero-order valence-electron chi connectivity index (χ0n) is 15.4. The van der Waals surface area contributed by atoms with E-state index in [1.807, 2.05) is 6.07 Å². The standard InChI is InChI=1S/C12H10F3N3O3.C7H5ClO/c13-12(14,15)10-6-9(18(19)20)5-8(7-16)11(10)17-1-3-21-4-2-17;8-7(9)6-4-2-1-3-5-6/h5-6H,1-4H2;1-5H. The van der Waals surface area contributed by atoms with Crippen LogP contribution in [0, 0.1) is 21.4 Å². The quantitative estimate of drug-likeness (QED) is 0.398. The van der Waals surface area contributed by atoms with E-state index in [9.17, 15) is 28.1 Å². The molecule has 2 aromatic rings. The second kappa shape index (κ2) is 10.0. The molecular weight excluding hydrogens is 427 g/mol. The molecular formula is C19H15ClF3N3O4. The predicted molar refractivity (Wildman–Crippen MR) is 102 cm³/mol. The molecule has 0 saturated carbocycles. The maximum Gasteiger partial charge on any atom is 0.418 e. The molecule has 158 valence electrons. The van der Waals surface area contributed by atoms with Gasteiger partial charge in [0.2, 0.25) is 0 Å². The van der Waals surface area contributed by atoms with Crippen molar-refractivity contribution in [2.24, 2.45) is 0 Å². The number of nitriles is 1. The van der Waals surface area contributed by atoms with E-state index in [1.165, 1.54) is 4.90 Å². The third-order valence-electron chi connectivity index (χ3n) is 4.06. The minimum atomic E-state index is -4.79. The molecule has 0 amide bonds. The molecule has 0 bridgehead atoms. The summed E-state index contributed by atoms with van der Waals surface area (Å²) in [5.74, 6) is 0. The molecule has 0 unspecified atom stereocenters. The number of nitrogens with zero attached hydrogens (tertiary/aromatic N) is 3. The first kappa shape index (κ1) is 23.1. The fourth-order valence-electron chi connectivity index (χ4n) is 2.72. The minimum absolute atomic E-state index is 0.190. The highest BCUT2D eigenvalue weighted by molar-refractivity contribution is 6.67. The molecule has 1 heterocycles. The first-order valence-electron chi connectivity index (χ1n) is 8.52. The second-order valence-corrected chi connectivity index (χ2v) is 6.34. The van der Waals surface area contributed by atoms with Gasteiger partial charge in [0.25, 0.3) is 10.9 Å². The van der Waals surface area contributed by atoms with Crippen LogP contribution in [0.1, 0.15) is 21.5 Å². The number of nitro benzene ring substituents is 1. The first-order chi connectivity index (χ1) is 14.1. The van der Waals surface area contributed by atoms with Crippen LogP contribution >= 0.6 is 11.6 Å². The lowest BCUT2D eigenvalue weighted by Gasteiger charge is -2.31. The Morgan fingerprint density at radius 1 is 1.20 bits per heavy atom. The first-order valence-corrected chi connectivity index (χ1v) is 8.90. The van der Waals surface area contributed by atoms with Crippen molar-refractivity contribution in [3.05, 3.63) is 69.3 Å². The van der Waals surface area contributed by atoms with Crippen molar-refractivity contribution in [1.82, 2.24) is 0 Å². The van der Waals surface area contributed by atoms with Crippen LogP contribution in [0.15, 0.2) is 42.5 Å². The normalized spacial score (nSPS) is 13.6. The molecule has 2 aromatic carbocycles. The van der Waals surface area contributed by atoms with Crippen molar-refractivity contribution in [2.75, 3.05) is 31.2 Å². The number of non-ortho nitro benzene ring substituents is 1. The van der Waals surface area contributed by atoms with Gasteiger partial charge < -0.3 is 9.64 Å². The molecule has 1 aliphatic rings. The maximum absolute atomic E-state index is 13.2. The smallest absolute Gasteiger partial charge is 0.378 e. The monoisotopic (exact) mass is 441 g/mol. The average Bonchev–Trinajstić information content (AvgIpc) is 2.73. The molecule has 0 aliphatic carbocycles. The van der Waals surface area contributed by atoms with Gasteiger partial charge in [-0.15, -0.1) is 0 Å². The molecule has 0 atom stereocenters. The lowest BCUT2D eigenvalue weighted by atomic mass is 10.0. The summed E-state index contributed by atoms with van der Waals surface area (Å²) in [4.78, 5) is 21.6. The molecule has 1 fully saturated rings. The van der Waals surface area contributed by atoms with Crippen molar-refractivity contribution >= 4 is 28.2 Å². The Kier molecular flexibility index (Phi) is 7.74. The summed E-state index contributed by atoms with van der Waals surface area (Å²) < 4.78 is 44.6. The zero-order valence-corrected chi connectivity index (χ0v) is 16.1. The van der Waals surface area contributed by atoms with Crippen molar-refractivity contribution in [1.29, 1.82) is 5.26 Å². The number of hydrogen-bond donors (Lipinski definition) is 0. The van der Waals surface area contributed by atoms with Crippen molar-refractivity contribution in [2.45, 2.75) is 6.18 Å². The van der Waals surface area contributed by atoms with E-state index in [4.69, 9.17) is 21.6 Å². The number of ether oxygens (including phenoxy) is 1. The molecule has 0 radical (unpaired) electrons. The van der Waals surface area contributed by atoms with Crippen LogP contribution in [-0.2, 0) is 10.9 Å². The Hall–Kier alpha value is -3.16. The highest BCUT2D eigenvalue weighted by atomic mass is 35.5. The Bertz CT molecular complexity index is 956. The van der Waals surface area contributed by atoms with Crippen LogP contribution in [0.5, 0.6) is 0 Å². The summed E-state index contributed by atoms with van der Waals surface area (Å²) in [6, 6.07) is 11.7. The number of carbonyl (C=O) groups is 1. The number of anilines is 1. The van der Waals surface area contributed by atoms with Crippen LogP contribution in [0.25, 0.3) is 0 Å². The lowest BCUT2D eigenvalue weighted by Crippen LogP contribution is -2.38. The summed E-state index contributed by atoms with van der Waals surface area (Å²) in [6.07, 6.45) is -4.79. The van der Waals surface area contributed by atoms with E-state index in [-0.39, 0.29) is 37.6 Å². The Morgan fingerprint density at radius 3 is 2.23 bits per heavy atom.